The summed E-state index contributed by atoms with van der Waals surface area (Å²) in [5.41, 5.74) is 6.42. The molecule has 0 aliphatic heterocycles. The van der Waals surface area contributed by atoms with Crippen LogP contribution >= 0.6 is 27.3 Å². The summed E-state index contributed by atoms with van der Waals surface area (Å²) < 4.78 is 1.04. The van der Waals surface area contributed by atoms with Gasteiger partial charge in [0.1, 0.15) is 6.10 Å². The predicted molar refractivity (Wildman–Crippen MR) is 50.8 cm³/mol. The Morgan fingerprint density at radius 3 is 2.82 bits per heavy atom. The number of nitrogens with two attached hydrogens (primary N) is 1. The van der Waals surface area contributed by atoms with Crippen LogP contribution in [-0.2, 0) is 0 Å². The molecule has 2 nitrogen and oxygen atoms in total. The van der Waals surface area contributed by atoms with Crippen LogP contribution in [-0.4, -0.2) is 11.7 Å². The second-order valence-corrected chi connectivity index (χ2v) is 4.81. The molecule has 0 aliphatic carbocycles. The van der Waals surface area contributed by atoms with Crippen LogP contribution in [0.3, 0.4) is 0 Å². The molecule has 0 radical (unpaired) electrons. The van der Waals surface area contributed by atoms with Crippen LogP contribution in [0.2, 0.25) is 0 Å². The molecule has 1 unspecified atom stereocenters. The highest BCUT2D eigenvalue weighted by atomic mass is 79.9. The minimum absolute atomic E-state index is 0.286. The molecule has 4 heteroatoms. The largest absolute Gasteiger partial charge is 0.386 e. The topological polar surface area (TPSA) is 46.2 Å². The minimum Gasteiger partial charge on any atom is -0.386 e. The zero-order valence-electron chi connectivity index (χ0n) is 6.17. The quantitative estimate of drug-likeness (QED) is 0.822. The lowest BCUT2D eigenvalue weighted by molar-refractivity contribution is 0.190. The lowest BCUT2D eigenvalue weighted by atomic mass is 10.2. The van der Waals surface area contributed by atoms with Crippen molar-refractivity contribution >= 4 is 27.3 Å². The Labute approximate surface area is 78.2 Å². The van der Waals surface area contributed by atoms with Gasteiger partial charge >= 0.3 is 0 Å². The van der Waals surface area contributed by atoms with Gasteiger partial charge in [-0.25, -0.2) is 0 Å². The molecule has 1 atom stereocenters. The highest BCUT2D eigenvalue weighted by Crippen LogP contribution is 2.30. The second-order valence-electron chi connectivity index (χ2n) is 2.35. The van der Waals surface area contributed by atoms with Gasteiger partial charge in [-0.2, -0.15) is 0 Å². The number of aliphatic hydroxyl groups excluding tert-OH is 1. The van der Waals surface area contributed by atoms with E-state index in [4.69, 9.17) is 5.73 Å². The van der Waals surface area contributed by atoms with E-state index in [1.165, 1.54) is 11.3 Å². The summed E-state index contributed by atoms with van der Waals surface area (Å²) in [5, 5.41) is 9.39. The van der Waals surface area contributed by atoms with E-state index in [0.29, 0.717) is 0 Å². The van der Waals surface area contributed by atoms with E-state index in [2.05, 4.69) is 15.9 Å². The second kappa shape index (κ2) is 3.67. The van der Waals surface area contributed by atoms with Gasteiger partial charge in [-0.1, -0.05) is 0 Å². The average Bonchev–Trinajstić information content (AvgIpc) is 2.28. The molecule has 0 fully saturated rings. The molecule has 0 saturated carbocycles. The van der Waals surface area contributed by atoms with Gasteiger partial charge in [-0.15, -0.1) is 11.3 Å². The third kappa shape index (κ3) is 2.02. The third-order valence-corrected chi connectivity index (χ3v) is 3.29. The van der Waals surface area contributed by atoms with Crippen LogP contribution in [0.15, 0.2) is 9.85 Å². The van der Waals surface area contributed by atoms with E-state index in [9.17, 15) is 5.11 Å². The predicted octanol–water partition coefficient (Wildman–Crippen LogP) is 1.81. The summed E-state index contributed by atoms with van der Waals surface area (Å²) in [6, 6.07) is 1.98. The maximum Gasteiger partial charge on any atom is 0.101 e. The molecular formula is C7H10BrNOS. The molecule has 0 aliphatic rings. The van der Waals surface area contributed by atoms with Gasteiger partial charge in [-0.05, 0) is 34.5 Å². The number of aryl methyl sites for hydroxylation is 1. The Hall–Kier alpha value is 0.1000. The monoisotopic (exact) mass is 235 g/mol. The highest BCUT2D eigenvalue weighted by Gasteiger charge is 2.11. The van der Waals surface area contributed by atoms with Crippen molar-refractivity contribution in [1.29, 1.82) is 0 Å². The zero-order chi connectivity index (χ0) is 8.43. The van der Waals surface area contributed by atoms with Crippen LogP contribution in [0, 0.1) is 6.92 Å². The standard InChI is InChI=1S/C7H10BrNOS/c1-4-2-6(8)11-7(4)5(10)3-9/h2,5,10H,3,9H2,1H3. The molecule has 62 valence electrons. The Bertz CT molecular complexity index is 249. The van der Waals surface area contributed by atoms with Crippen molar-refractivity contribution in [2.45, 2.75) is 13.0 Å². The van der Waals surface area contributed by atoms with Crippen LogP contribution in [0.5, 0.6) is 0 Å². The average molecular weight is 236 g/mol. The van der Waals surface area contributed by atoms with Crippen molar-refractivity contribution in [3.8, 4) is 0 Å². The molecule has 0 amide bonds. The Kier molecular flexibility index (Phi) is 3.06. The smallest absolute Gasteiger partial charge is 0.101 e. The van der Waals surface area contributed by atoms with E-state index in [0.717, 1.165) is 14.2 Å². The Morgan fingerprint density at radius 1 is 1.82 bits per heavy atom. The molecule has 0 aromatic carbocycles. The van der Waals surface area contributed by atoms with Gasteiger partial charge in [0.15, 0.2) is 0 Å². The van der Waals surface area contributed by atoms with Crippen LogP contribution < -0.4 is 5.73 Å². The van der Waals surface area contributed by atoms with Crippen molar-refractivity contribution in [3.05, 3.63) is 20.3 Å². The van der Waals surface area contributed by atoms with Crippen molar-refractivity contribution in [3.63, 3.8) is 0 Å². The summed E-state index contributed by atoms with van der Waals surface area (Å²) in [7, 11) is 0. The van der Waals surface area contributed by atoms with Crippen LogP contribution in [0.25, 0.3) is 0 Å². The van der Waals surface area contributed by atoms with Crippen LogP contribution in [0.4, 0.5) is 0 Å². The molecule has 1 heterocycles. The Balaban J connectivity index is 2.93. The van der Waals surface area contributed by atoms with E-state index < -0.39 is 6.10 Å². The minimum atomic E-state index is -0.508. The first-order valence-electron chi connectivity index (χ1n) is 3.29. The van der Waals surface area contributed by atoms with Crippen molar-refractivity contribution in [2.75, 3.05) is 6.54 Å². The fraction of sp³-hybridized carbons (Fsp3) is 0.429. The number of aliphatic hydroxyl groups is 1. The van der Waals surface area contributed by atoms with Crippen molar-refractivity contribution in [1.82, 2.24) is 0 Å². The van der Waals surface area contributed by atoms with E-state index in [1.54, 1.807) is 0 Å². The van der Waals surface area contributed by atoms with Crippen molar-refractivity contribution in [2.24, 2.45) is 5.73 Å². The van der Waals surface area contributed by atoms with Gasteiger partial charge in [0, 0.05) is 11.4 Å². The number of hydrogen-bond donors (Lipinski definition) is 2. The zero-order valence-corrected chi connectivity index (χ0v) is 8.58. The van der Waals surface area contributed by atoms with Gasteiger partial charge in [0.2, 0.25) is 0 Å². The molecular weight excluding hydrogens is 226 g/mol. The van der Waals surface area contributed by atoms with E-state index in [-0.39, 0.29) is 6.54 Å². The molecule has 11 heavy (non-hydrogen) atoms. The maximum absolute atomic E-state index is 9.39. The lowest BCUT2D eigenvalue weighted by Crippen LogP contribution is -2.10. The first kappa shape index (κ1) is 9.19. The summed E-state index contributed by atoms with van der Waals surface area (Å²) in [6.45, 7) is 2.25. The molecule has 1 aromatic rings. The third-order valence-electron chi connectivity index (χ3n) is 1.45. The van der Waals surface area contributed by atoms with Gasteiger partial charge in [0.05, 0.1) is 3.79 Å². The molecule has 1 rings (SSSR count). The van der Waals surface area contributed by atoms with Gasteiger partial charge < -0.3 is 10.8 Å². The molecule has 0 saturated heterocycles. The molecule has 3 N–H and O–H groups in total. The van der Waals surface area contributed by atoms with Gasteiger partial charge in [-0.3, -0.25) is 0 Å². The Morgan fingerprint density at radius 2 is 2.45 bits per heavy atom. The fourth-order valence-electron chi connectivity index (χ4n) is 0.894. The highest BCUT2D eigenvalue weighted by molar-refractivity contribution is 9.11. The summed E-state index contributed by atoms with van der Waals surface area (Å²) in [6.07, 6.45) is -0.508. The van der Waals surface area contributed by atoms with E-state index in [1.807, 2.05) is 13.0 Å². The first-order chi connectivity index (χ1) is 5.15. The maximum atomic E-state index is 9.39. The van der Waals surface area contributed by atoms with E-state index >= 15 is 0 Å². The summed E-state index contributed by atoms with van der Waals surface area (Å²) in [5.74, 6) is 0. The lowest BCUT2D eigenvalue weighted by Gasteiger charge is -2.04. The molecule has 0 bridgehead atoms. The normalized spacial score (nSPS) is 13.5. The SMILES string of the molecule is Cc1cc(Br)sc1C(O)CN. The first-order valence-corrected chi connectivity index (χ1v) is 4.90. The van der Waals surface area contributed by atoms with Crippen molar-refractivity contribution < 1.29 is 5.11 Å². The number of thiophene rings is 1. The number of hydrogen-bond acceptors (Lipinski definition) is 3. The molecule has 1 aromatic heterocycles. The van der Waals surface area contributed by atoms with Crippen LogP contribution in [0.1, 0.15) is 16.5 Å². The number of halogens is 1. The summed E-state index contributed by atoms with van der Waals surface area (Å²) >= 11 is 4.88. The fourth-order valence-corrected chi connectivity index (χ4v) is 2.66. The molecule has 0 spiro atoms. The summed E-state index contributed by atoms with van der Waals surface area (Å²) in [4.78, 5) is 0.958. The van der Waals surface area contributed by atoms with Gasteiger partial charge in [0.25, 0.3) is 0 Å². The number of rotatable bonds is 2.